The summed E-state index contributed by atoms with van der Waals surface area (Å²) in [6.07, 6.45) is 7.04. The quantitative estimate of drug-likeness (QED) is 0.508. The molecule has 0 aromatic carbocycles. The second kappa shape index (κ2) is 11.6. The standard InChI is InChI=1S/C10H19OS.C4H10O3S/c1-2-3-6-10(11)9-12-7-4-5-8-12;1-2-3-4-8(5,6)7/h2-9H2,1H3;2-4H2,1H3,(H,5,6,7)/q+1;/p-1. The number of Topliss-reactive ketones (excluding diaryl/α,β-unsaturated/α-hetero) is 1. The van der Waals surface area contributed by atoms with Gasteiger partial charge in [-0.2, -0.15) is 0 Å². The molecule has 1 saturated heterocycles. The van der Waals surface area contributed by atoms with Crippen molar-refractivity contribution in [2.24, 2.45) is 0 Å². The number of rotatable bonds is 8. The molecule has 1 rings (SSSR count). The van der Waals surface area contributed by atoms with Crippen molar-refractivity contribution in [2.75, 3.05) is 23.0 Å². The molecule has 1 fully saturated rings. The molecule has 0 unspecified atom stereocenters. The first-order chi connectivity index (χ1) is 9.39. The lowest BCUT2D eigenvalue weighted by Crippen LogP contribution is -2.17. The van der Waals surface area contributed by atoms with Crippen molar-refractivity contribution in [3.05, 3.63) is 0 Å². The van der Waals surface area contributed by atoms with E-state index in [0.717, 1.165) is 31.4 Å². The molecule has 1 aliphatic heterocycles. The summed E-state index contributed by atoms with van der Waals surface area (Å²) < 4.78 is 29.5. The van der Waals surface area contributed by atoms with E-state index in [0.29, 0.717) is 23.1 Å². The van der Waals surface area contributed by atoms with Crippen molar-refractivity contribution in [2.45, 2.75) is 58.8 Å². The molecule has 20 heavy (non-hydrogen) atoms. The van der Waals surface area contributed by atoms with Gasteiger partial charge in [-0.25, -0.2) is 8.42 Å². The second-order valence-corrected chi connectivity index (χ2v) is 8.98. The zero-order valence-electron chi connectivity index (χ0n) is 12.7. The van der Waals surface area contributed by atoms with Crippen molar-refractivity contribution < 1.29 is 17.8 Å². The van der Waals surface area contributed by atoms with Gasteiger partial charge in [0.25, 0.3) is 0 Å². The minimum Gasteiger partial charge on any atom is -0.748 e. The highest BCUT2D eigenvalue weighted by atomic mass is 32.2. The lowest BCUT2D eigenvalue weighted by molar-refractivity contribution is -0.116. The molecule has 6 heteroatoms. The number of hydrogen-bond donors (Lipinski definition) is 0. The average molecular weight is 325 g/mol. The minimum atomic E-state index is -3.94. The summed E-state index contributed by atoms with van der Waals surface area (Å²) in [5, 5.41) is 0. The Labute approximate surface area is 126 Å². The van der Waals surface area contributed by atoms with Crippen LogP contribution in [-0.4, -0.2) is 41.8 Å². The monoisotopic (exact) mass is 324 g/mol. The van der Waals surface area contributed by atoms with Crippen LogP contribution in [0, 0.1) is 0 Å². The van der Waals surface area contributed by atoms with E-state index in [9.17, 15) is 17.8 Å². The third kappa shape index (κ3) is 12.9. The fraction of sp³-hybridized carbons (Fsp3) is 0.929. The summed E-state index contributed by atoms with van der Waals surface area (Å²) in [6.45, 7) is 3.98. The molecular weight excluding hydrogens is 296 g/mol. The van der Waals surface area contributed by atoms with E-state index in [-0.39, 0.29) is 5.75 Å². The molecule has 1 aliphatic rings. The fourth-order valence-electron chi connectivity index (χ4n) is 1.85. The highest BCUT2D eigenvalue weighted by Gasteiger charge is 2.26. The van der Waals surface area contributed by atoms with Crippen molar-refractivity contribution in [1.29, 1.82) is 0 Å². The van der Waals surface area contributed by atoms with Crippen molar-refractivity contribution in [1.82, 2.24) is 0 Å². The Morgan fingerprint density at radius 2 is 1.65 bits per heavy atom. The molecule has 0 aliphatic carbocycles. The van der Waals surface area contributed by atoms with Crippen LogP contribution >= 0.6 is 0 Å². The Hall–Kier alpha value is -0.0700. The SMILES string of the molecule is CCCCC(=O)C[S+]1CCCC1.CCCCS(=O)(=O)[O-]. The highest BCUT2D eigenvalue weighted by molar-refractivity contribution is 7.97. The average Bonchev–Trinajstić information content (AvgIpc) is 2.86. The van der Waals surface area contributed by atoms with Gasteiger partial charge < -0.3 is 4.55 Å². The summed E-state index contributed by atoms with van der Waals surface area (Å²) in [4.78, 5) is 11.4. The lowest BCUT2D eigenvalue weighted by Gasteiger charge is -2.02. The van der Waals surface area contributed by atoms with Crippen LogP contribution in [0.15, 0.2) is 0 Å². The van der Waals surface area contributed by atoms with Crippen LogP contribution in [0.1, 0.15) is 58.8 Å². The molecular formula is C14H28O4S2. The number of hydrogen-bond acceptors (Lipinski definition) is 4. The van der Waals surface area contributed by atoms with Gasteiger partial charge in [0.05, 0.1) is 10.1 Å². The van der Waals surface area contributed by atoms with Gasteiger partial charge in [0.15, 0.2) is 11.5 Å². The lowest BCUT2D eigenvalue weighted by atomic mass is 10.2. The highest BCUT2D eigenvalue weighted by Crippen LogP contribution is 2.14. The summed E-state index contributed by atoms with van der Waals surface area (Å²) in [5.74, 6) is 3.86. The number of ketones is 1. The van der Waals surface area contributed by atoms with Gasteiger partial charge in [0, 0.05) is 12.2 Å². The van der Waals surface area contributed by atoms with Crippen LogP contribution in [0.25, 0.3) is 0 Å². The molecule has 1 heterocycles. The van der Waals surface area contributed by atoms with Crippen LogP contribution < -0.4 is 0 Å². The van der Waals surface area contributed by atoms with Crippen LogP contribution in [-0.2, 0) is 25.8 Å². The number of carbonyl (C=O) groups is 1. The van der Waals surface area contributed by atoms with Gasteiger partial charge in [-0.15, -0.1) is 0 Å². The molecule has 0 aromatic rings. The molecule has 4 nitrogen and oxygen atoms in total. The first-order valence-corrected chi connectivity index (χ1v) is 10.8. The molecule has 0 atom stereocenters. The van der Waals surface area contributed by atoms with Crippen LogP contribution in [0.4, 0.5) is 0 Å². The number of carbonyl (C=O) groups excluding carboxylic acids is 1. The fourth-order valence-corrected chi connectivity index (χ4v) is 4.81. The van der Waals surface area contributed by atoms with Gasteiger partial charge in [0.2, 0.25) is 0 Å². The molecule has 0 aromatic heterocycles. The molecule has 0 spiro atoms. The Kier molecular flexibility index (Phi) is 11.5. The van der Waals surface area contributed by atoms with Crippen molar-refractivity contribution >= 4 is 26.8 Å². The smallest absolute Gasteiger partial charge is 0.181 e. The Balaban J connectivity index is 0.000000396. The third-order valence-electron chi connectivity index (χ3n) is 3.04. The maximum Gasteiger partial charge on any atom is 0.181 e. The van der Waals surface area contributed by atoms with Crippen molar-refractivity contribution in [3.8, 4) is 0 Å². The van der Waals surface area contributed by atoms with E-state index >= 15 is 0 Å². The van der Waals surface area contributed by atoms with Crippen LogP contribution in [0.3, 0.4) is 0 Å². The van der Waals surface area contributed by atoms with Crippen molar-refractivity contribution in [3.63, 3.8) is 0 Å². The predicted molar refractivity (Wildman–Crippen MR) is 85.2 cm³/mol. The van der Waals surface area contributed by atoms with Gasteiger partial charge in [0.1, 0.15) is 11.5 Å². The zero-order valence-corrected chi connectivity index (χ0v) is 14.4. The van der Waals surface area contributed by atoms with Gasteiger partial charge >= 0.3 is 0 Å². The maximum absolute atomic E-state index is 11.4. The predicted octanol–water partition coefficient (Wildman–Crippen LogP) is 2.49. The van der Waals surface area contributed by atoms with E-state index < -0.39 is 10.1 Å². The first-order valence-electron chi connectivity index (χ1n) is 7.48. The third-order valence-corrected chi connectivity index (χ3v) is 6.29. The van der Waals surface area contributed by atoms with E-state index in [1.807, 2.05) is 6.92 Å². The van der Waals surface area contributed by atoms with Crippen LogP contribution in [0.2, 0.25) is 0 Å². The molecule has 0 amide bonds. The maximum atomic E-state index is 11.4. The number of unbranched alkanes of at least 4 members (excludes halogenated alkanes) is 2. The summed E-state index contributed by atoms with van der Waals surface area (Å²) in [5.41, 5.74) is 0. The first kappa shape index (κ1) is 19.9. The molecule has 0 radical (unpaired) electrons. The van der Waals surface area contributed by atoms with E-state index in [4.69, 9.17) is 0 Å². The minimum absolute atomic E-state index is 0.219. The molecule has 0 bridgehead atoms. The summed E-state index contributed by atoms with van der Waals surface area (Å²) in [6, 6.07) is 0. The largest absolute Gasteiger partial charge is 0.748 e. The second-order valence-electron chi connectivity index (χ2n) is 5.13. The zero-order chi connectivity index (χ0) is 15.4. The molecule has 120 valence electrons. The normalized spacial score (nSPS) is 15.8. The van der Waals surface area contributed by atoms with E-state index in [2.05, 4.69) is 6.92 Å². The van der Waals surface area contributed by atoms with E-state index in [1.54, 1.807) is 0 Å². The van der Waals surface area contributed by atoms with Gasteiger partial charge in [-0.3, -0.25) is 4.79 Å². The molecule has 0 N–H and O–H groups in total. The topological polar surface area (TPSA) is 74.3 Å². The van der Waals surface area contributed by atoms with Crippen LogP contribution in [0.5, 0.6) is 0 Å². The Bertz CT molecular complexity index is 346. The Morgan fingerprint density at radius 3 is 2.05 bits per heavy atom. The summed E-state index contributed by atoms with van der Waals surface area (Å²) in [7, 11) is -3.45. The van der Waals surface area contributed by atoms with E-state index in [1.165, 1.54) is 24.3 Å². The summed E-state index contributed by atoms with van der Waals surface area (Å²) >= 11 is 0. The van der Waals surface area contributed by atoms with Gasteiger partial charge in [-0.1, -0.05) is 26.7 Å². The Morgan fingerprint density at radius 1 is 1.10 bits per heavy atom. The van der Waals surface area contributed by atoms with Gasteiger partial charge in [-0.05, 0) is 36.6 Å². The molecule has 0 saturated carbocycles.